The van der Waals surface area contributed by atoms with Gasteiger partial charge in [0.1, 0.15) is 16.4 Å². The fourth-order valence-electron chi connectivity index (χ4n) is 2.50. The van der Waals surface area contributed by atoms with Gasteiger partial charge in [0.05, 0.1) is 6.33 Å². The minimum Gasteiger partial charge on any atom is -0.317 e. The Morgan fingerprint density at radius 1 is 1.27 bits per heavy atom. The van der Waals surface area contributed by atoms with Crippen LogP contribution in [0, 0.1) is 0 Å². The zero-order chi connectivity index (χ0) is 18.7. The number of halogens is 1. The fourth-order valence-corrected chi connectivity index (χ4v) is 2.95. The highest BCUT2D eigenvalue weighted by molar-refractivity contribution is 7.80. The minimum atomic E-state index is -0.575. The summed E-state index contributed by atoms with van der Waals surface area (Å²) in [6.07, 6.45) is 4.47. The van der Waals surface area contributed by atoms with Crippen molar-refractivity contribution >= 4 is 46.8 Å². The van der Waals surface area contributed by atoms with E-state index >= 15 is 0 Å². The SMILES string of the molecule is C=CCN1C(=O)/C(=C/c2ncn(Cc3ccccc3)c2Cl)C(=O)NC1=S. The van der Waals surface area contributed by atoms with Gasteiger partial charge in [-0.3, -0.25) is 19.8 Å². The summed E-state index contributed by atoms with van der Waals surface area (Å²) in [5.41, 5.74) is 1.32. The fraction of sp³-hybridized carbons (Fsp3) is 0.111. The van der Waals surface area contributed by atoms with Crippen LogP contribution in [0.2, 0.25) is 5.15 Å². The first-order valence-electron chi connectivity index (χ1n) is 7.75. The summed E-state index contributed by atoms with van der Waals surface area (Å²) >= 11 is 11.4. The first-order valence-corrected chi connectivity index (χ1v) is 8.54. The van der Waals surface area contributed by atoms with Crippen LogP contribution in [-0.2, 0) is 16.1 Å². The summed E-state index contributed by atoms with van der Waals surface area (Å²) in [7, 11) is 0. The highest BCUT2D eigenvalue weighted by atomic mass is 35.5. The molecule has 1 aliphatic heterocycles. The molecule has 26 heavy (non-hydrogen) atoms. The summed E-state index contributed by atoms with van der Waals surface area (Å²) < 4.78 is 1.74. The molecule has 0 bridgehead atoms. The van der Waals surface area contributed by atoms with Crippen LogP contribution in [0.5, 0.6) is 0 Å². The average molecular weight is 387 g/mol. The van der Waals surface area contributed by atoms with Crippen molar-refractivity contribution in [3.63, 3.8) is 0 Å². The Bertz CT molecular complexity index is 921. The van der Waals surface area contributed by atoms with Crippen LogP contribution in [0.15, 0.2) is 54.9 Å². The lowest BCUT2D eigenvalue weighted by Crippen LogP contribution is -2.53. The monoisotopic (exact) mass is 386 g/mol. The van der Waals surface area contributed by atoms with Crippen molar-refractivity contribution in [2.24, 2.45) is 0 Å². The van der Waals surface area contributed by atoms with E-state index in [1.165, 1.54) is 17.1 Å². The summed E-state index contributed by atoms with van der Waals surface area (Å²) in [5, 5.41) is 2.88. The molecule has 8 heteroatoms. The molecule has 3 rings (SSSR count). The van der Waals surface area contributed by atoms with Gasteiger partial charge in [-0.2, -0.15) is 0 Å². The number of rotatable bonds is 5. The summed E-state index contributed by atoms with van der Waals surface area (Å²) in [6, 6.07) is 9.75. The van der Waals surface area contributed by atoms with Crippen molar-refractivity contribution in [1.82, 2.24) is 19.8 Å². The largest absolute Gasteiger partial charge is 0.317 e. The number of imidazole rings is 1. The minimum absolute atomic E-state index is 0.0535. The Balaban J connectivity index is 1.89. The van der Waals surface area contributed by atoms with Crippen molar-refractivity contribution in [1.29, 1.82) is 0 Å². The summed E-state index contributed by atoms with van der Waals surface area (Å²) in [6.45, 7) is 4.32. The standard InChI is InChI=1S/C18H15ClN4O2S/c1-2-8-23-17(25)13(16(24)21-18(23)26)9-14-15(19)22(11-20-14)10-12-6-4-3-5-7-12/h2-7,9,11H,1,8,10H2,(H,21,24,26)/b13-9+. The van der Waals surface area contributed by atoms with Crippen molar-refractivity contribution in [3.8, 4) is 0 Å². The topological polar surface area (TPSA) is 67.2 Å². The molecule has 1 aromatic heterocycles. The first-order chi connectivity index (χ1) is 12.5. The Kier molecular flexibility index (Phi) is 5.29. The number of thiocarbonyl (C=S) groups is 1. The lowest BCUT2D eigenvalue weighted by Gasteiger charge is -2.27. The molecule has 1 aliphatic rings. The van der Waals surface area contributed by atoms with Gasteiger partial charge >= 0.3 is 0 Å². The van der Waals surface area contributed by atoms with Gasteiger partial charge in [0.2, 0.25) is 0 Å². The highest BCUT2D eigenvalue weighted by Gasteiger charge is 2.33. The average Bonchev–Trinajstić information content (AvgIpc) is 2.96. The van der Waals surface area contributed by atoms with Crippen molar-refractivity contribution in [2.45, 2.75) is 6.54 Å². The molecule has 0 saturated carbocycles. The molecule has 6 nitrogen and oxygen atoms in total. The maximum atomic E-state index is 12.5. The molecule has 2 heterocycles. The number of hydrogen-bond donors (Lipinski definition) is 1. The second-order valence-corrected chi connectivity index (χ2v) is 6.30. The van der Waals surface area contributed by atoms with Crippen LogP contribution >= 0.6 is 23.8 Å². The van der Waals surface area contributed by atoms with E-state index in [0.29, 0.717) is 17.4 Å². The van der Waals surface area contributed by atoms with Crippen molar-refractivity contribution in [2.75, 3.05) is 6.54 Å². The van der Waals surface area contributed by atoms with Gasteiger partial charge in [-0.05, 0) is 23.9 Å². The predicted molar refractivity (Wildman–Crippen MR) is 103 cm³/mol. The van der Waals surface area contributed by atoms with Gasteiger partial charge in [-0.1, -0.05) is 48.0 Å². The number of nitrogens with zero attached hydrogens (tertiary/aromatic N) is 3. The number of hydrogen-bond acceptors (Lipinski definition) is 4. The molecule has 2 amide bonds. The number of amides is 2. The predicted octanol–water partition coefficient (Wildman–Crippen LogP) is 2.40. The van der Waals surface area contributed by atoms with Gasteiger partial charge in [-0.25, -0.2) is 4.98 Å². The molecular formula is C18H15ClN4O2S. The van der Waals surface area contributed by atoms with Crippen LogP contribution < -0.4 is 5.32 Å². The van der Waals surface area contributed by atoms with Crippen LogP contribution in [0.3, 0.4) is 0 Å². The molecule has 0 spiro atoms. The van der Waals surface area contributed by atoms with E-state index in [2.05, 4.69) is 16.9 Å². The third kappa shape index (κ3) is 3.58. The third-order valence-electron chi connectivity index (χ3n) is 3.77. The second-order valence-electron chi connectivity index (χ2n) is 5.56. The molecule has 0 atom stereocenters. The van der Waals surface area contributed by atoms with Crippen molar-refractivity contribution in [3.05, 3.63) is 71.3 Å². The van der Waals surface area contributed by atoms with Gasteiger partial charge in [0.25, 0.3) is 11.8 Å². The van der Waals surface area contributed by atoms with Crippen LogP contribution in [0.25, 0.3) is 6.08 Å². The van der Waals surface area contributed by atoms with Gasteiger partial charge in [0, 0.05) is 13.1 Å². The first kappa shape index (κ1) is 18.0. The Morgan fingerprint density at radius 2 is 2.00 bits per heavy atom. The lowest BCUT2D eigenvalue weighted by atomic mass is 10.1. The maximum absolute atomic E-state index is 12.5. The quantitative estimate of drug-likeness (QED) is 0.371. The molecule has 1 fully saturated rings. The normalized spacial score (nSPS) is 16.1. The molecule has 1 saturated heterocycles. The number of benzene rings is 1. The highest BCUT2D eigenvalue weighted by Crippen LogP contribution is 2.21. The van der Waals surface area contributed by atoms with E-state index in [1.807, 2.05) is 30.3 Å². The van der Waals surface area contributed by atoms with Crippen molar-refractivity contribution < 1.29 is 9.59 Å². The summed E-state index contributed by atoms with van der Waals surface area (Å²) in [5.74, 6) is -1.08. The maximum Gasteiger partial charge on any atom is 0.266 e. The van der Waals surface area contributed by atoms with E-state index < -0.39 is 11.8 Å². The van der Waals surface area contributed by atoms with Gasteiger partial charge < -0.3 is 4.57 Å². The van der Waals surface area contributed by atoms with Crippen LogP contribution in [0.1, 0.15) is 11.3 Å². The van der Waals surface area contributed by atoms with E-state index in [0.717, 1.165) is 5.56 Å². The van der Waals surface area contributed by atoms with Crippen LogP contribution in [0.4, 0.5) is 0 Å². The summed E-state index contributed by atoms with van der Waals surface area (Å²) in [4.78, 5) is 30.2. The Hall–Kier alpha value is -2.77. The zero-order valence-electron chi connectivity index (χ0n) is 13.7. The lowest BCUT2D eigenvalue weighted by molar-refractivity contribution is -0.128. The Morgan fingerprint density at radius 3 is 2.69 bits per heavy atom. The number of nitrogens with one attached hydrogen (secondary N) is 1. The molecule has 2 aromatic rings. The molecule has 1 N–H and O–H groups in total. The zero-order valence-corrected chi connectivity index (χ0v) is 15.3. The molecule has 0 aliphatic carbocycles. The molecule has 1 aromatic carbocycles. The second kappa shape index (κ2) is 7.63. The molecule has 0 radical (unpaired) electrons. The van der Waals surface area contributed by atoms with E-state index in [9.17, 15) is 9.59 Å². The van der Waals surface area contributed by atoms with E-state index in [-0.39, 0.29) is 17.2 Å². The van der Waals surface area contributed by atoms with E-state index in [4.69, 9.17) is 23.8 Å². The molecular weight excluding hydrogens is 372 g/mol. The molecule has 132 valence electrons. The number of aromatic nitrogens is 2. The van der Waals surface area contributed by atoms with Gasteiger partial charge in [-0.15, -0.1) is 6.58 Å². The smallest absolute Gasteiger partial charge is 0.266 e. The van der Waals surface area contributed by atoms with Crippen LogP contribution in [-0.4, -0.2) is 37.9 Å². The number of carbonyl (C=O) groups excluding carboxylic acids is 2. The van der Waals surface area contributed by atoms with Gasteiger partial charge in [0.15, 0.2) is 5.11 Å². The Labute approximate surface area is 160 Å². The molecule has 0 unspecified atom stereocenters. The van der Waals surface area contributed by atoms with E-state index in [1.54, 1.807) is 10.9 Å². The third-order valence-corrected chi connectivity index (χ3v) is 4.51. The number of carbonyl (C=O) groups is 2.